The number of carbonyl (C=O) groups is 1. The topological polar surface area (TPSA) is 67.4 Å². The summed E-state index contributed by atoms with van der Waals surface area (Å²) in [5.74, 6) is 1.50. The van der Waals surface area contributed by atoms with Crippen molar-refractivity contribution >= 4 is 22.6 Å². The van der Waals surface area contributed by atoms with Crippen LogP contribution in [-0.4, -0.2) is 42.2 Å². The van der Waals surface area contributed by atoms with Gasteiger partial charge in [0.2, 0.25) is 0 Å². The SMILES string of the molecule is CC1CCc2nc3ccccc3c(C(=O)NCc3ccc(N4CCOCC4)nc3)c2C1. The number of fused-ring (bicyclic) bond motifs is 2. The zero-order chi connectivity index (χ0) is 21.2. The molecule has 1 unspecified atom stereocenters. The van der Waals surface area contributed by atoms with Crippen LogP contribution in [0.5, 0.6) is 0 Å². The molecule has 1 aromatic carbocycles. The highest BCUT2D eigenvalue weighted by molar-refractivity contribution is 6.07. The average Bonchev–Trinajstić information content (AvgIpc) is 2.82. The zero-order valence-corrected chi connectivity index (χ0v) is 17.9. The smallest absolute Gasteiger partial charge is 0.252 e. The number of morpholine rings is 1. The fraction of sp³-hybridized carbons (Fsp3) is 0.400. The molecule has 1 fully saturated rings. The van der Waals surface area contributed by atoms with E-state index in [0.29, 0.717) is 12.5 Å². The first-order chi connectivity index (χ1) is 15.2. The van der Waals surface area contributed by atoms with E-state index in [1.165, 1.54) is 0 Å². The predicted molar refractivity (Wildman–Crippen MR) is 121 cm³/mol. The molecule has 1 aliphatic heterocycles. The first kappa shape index (κ1) is 19.9. The lowest BCUT2D eigenvalue weighted by molar-refractivity contribution is 0.0951. The molecular weight excluding hydrogens is 388 g/mol. The molecule has 1 atom stereocenters. The van der Waals surface area contributed by atoms with Crippen LogP contribution in [-0.2, 0) is 24.1 Å². The number of aryl methyl sites for hydroxylation is 1. The van der Waals surface area contributed by atoms with Gasteiger partial charge in [-0.2, -0.15) is 0 Å². The normalized spacial score (nSPS) is 18.6. The lowest BCUT2D eigenvalue weighted by Gasteiger charge is -2.27. The Bertz CT molecular complexity index is 1090. The Morgan fingerprint density at radius 3 is 2.84 bits per heavy atom. The fourth-order valence-corrected chi connectivity index (χ4v) is 4.59. The quantitative estimate of drug-likeness (QED) is 0.705. The summed E-state index contributed by atoms with van der Waals surface area (Å²) in [6.45, 7) is 5.91. The number of hydrogen-bond acceptors (Lipinski definition) is 5. The van der Waals surface area contributed by atoms with E-state index in [2.05, 4.69) is 22.1 Å². The lowest BCUT2D eigenvalue weighted by atomic mass is 9.84. The molecule has 1 saturated heterocycles. The van der Waals surface area contributed by atoms with E-state index in [-0.39, 0.29) is 5.91 Å². The van der Waals surface area contributed by atoms with Gasteiger partial charge in [0, 0.05) is 36.9 Å². The van der Waals surface area contributed by atoms with E-state index < -0.39 is 0 Å². The Morgan fingerprint density at radius 1 is 1.19 bits per heavy atom. The van der Waals surface area contributed by atoms with Crippen molar-refractivity contribution in [2.75, 3.05) is 31.2 Å². The van der Waals surface area contributed by atoms with Crippen LogP contribution >= 0.6 is 0 Å². The molecule has 1 amide bonds. The molecule has 2 aliphatic rings. The number of anilines is 1. The van der Waals surface area contributed by atoms with Crippen molar-refractivity contribution in [2.24, 2.45) is 5.92 Å². The molecule has 160 valence electrons. The van der Waals surface area contributed by atoms with Crippen molar-refractivity contribution in [1.29, 1.82) is 0 Å². The van der Waals surface area contributed by atoms with Gasteiger partial charge in [0.1, 0.15) is 5.82 Å². The summed E-state index contributed by atoms with van der Waals surface area (Å²) in [4.78, 5) is 25.0. The van der Waals surface area contributed by atoms with E-state index in [1.807, 2.05) is 42.6 Å². The maximum atomic E-state index is 13.3. The highest BCUT2D eigenvalue weighted by Gasteiger charge is 2.25. The fourth-order valence-electron chi connectivity index (χ4n) is 4.59. The summed E-state index contributed by atoms with van der Waals surface area (Å²) in [7, 11) is 0. The van der Waals surface area contributed by atoms with Gasteiger partial charge in [-0.05, 0) is 48.4 Å². The number of nitrogens with zero attached hydrogens (tertiary/aromatic N) is 3. The lowest BCUT2D eigenvalue weighted by Crippen LogP contribution is -2.36. The number of amides is 1. The number of nitrogens with one attached hydrogen (secondary N) is 1. The number of para-hydroxylation sites is 1. The van der Waals surface area contributed by atoms with Crippen LogP contribution in [0, 0.1) is 5.92 Å². The summed E-state index contributed by atoms with van der Waals surface area (Å²) in [5.41, 5.74) is 4.89. The highest BCUT2D eigenvalue weighted by atomic mass is 16.5. The molecule has 0 spiro atoms. The van der Waals surface area contributed by atoms with Crippen molar-refractivity contribution in [1.82, 2.24) is 15.3 Å². The van der Waals surface area contributed by atoms with Crippen LogP contribution < -0.4 is 10.2 Å². The molecule has 0 saturated carbocycles. The van der Waals surface area contributed by atoms with Gasteiger partial charge in [-0.1, -0.05) is 31.2 Å². The predicted octanol–water partition coefficient (Wildman–Crippen LogP) is 3.52. The monoisotopic (exact) mass is 416 g/mol. The van der Waals surface area contributed by atoms with Gasteiger partial charge in [-0.25, -0.2) is 4.98 Å². The molecule has 2 aromatic heterocycles. The van der Waals surface area contributed by atoms with Crippen molar-refractivity contribution in [3.05, 3.63) is 65.0 Å². The minimum atomic E-state index is -0.0267. The number of rotatable bonds is 4. The second-order valence-corrected chi connectivity index (χ2v) is 8.58. The maximum Gasteiger partial charge on any atom is 0.252 e. The Hall–Kier alpha value is -2.99. The molecule has 1 aliphatic carbocycles. The van der Waals surface area contributed by atoms with Gasteiger partial charge in [0.15, 0.2) is 0 Å². The average molecular weight is 417 g/mol. The van der Waals surface area contributed by atoms with Crippen molar-refractivity contribution in [3.63, 3.8) is 0 Å². The van der Waals surface area contributed by atoms with E-state index in [9.17, 15) is 4.79 Å². The van der Waals surface area contributed by atoms with Gasteiger partial charge in [0.25, 0.3) is 5.91 Å². The Labute approximate surface area is 182 Å². The number of pyridine rings is 2. The molecule has 0 radical (unpaired) electrons. The van der Waals surface area contributed by atoms with Gasteiger partial charge < -0.3 is 15.0 Å². The zero-order valence-electron chi connectivity index (χ0n) is 17.9. The molecule has 31 heavy (non-hydrogen) atoms. The highest BCUT2D eigenvalue weighted by Crippen LogP contribution is 2.31. The standard InChI is InChI=1S/C25H28N4O2/c1-17-6-8-22-20(14-17)24(19-4-2-3-5-21(19)28-22)25(30)27-16-18-7-9-23(26-15-18)29-10-12-31-13-11-29/h2-5,7,9,15,17H,6,8,10-14,16H2,1H3,(H,27,30). The summed E-state index contributed by atoms with van der Waals surface area (Å²) in [6.07, 6.45) is 4.83. The molecule has 1 N–H and O–H groups in total. The summed E-state index contributed by atoms with van der Waals surface area (Å²) < 4.78 is 5.41. The van der Waals surface area contributed by atoms with Crippen LogP contribution in [0.25, 0.3) is 10.9 Å². The third-order valence-corrected chi connectivity index (χ3v) is 6.33. The van der Waals surface area contributed by atoms with Crippen LogP contribution in [0.4, 0.5) is 5.82 Å². The molecule has 5 rings (SSSR count). The van der Waals surface area contributed by atoms with Gasteiger partial charge >= 0.3 is 0 Å². The first-order valence-corrected chi connectivity index (χ1v) is 11.2. The third kappa shape index (κ3) is 4.12. The molecule has 3 heterocycles. The number of benzene rings is 1. The van der Waals surface area contributed by atoms with E-state index in [4.69, 9.17) is 9.72 Å². The number of aromatic nitrogens is 2. The Balaban J connectivity index is 1.36. The second kappa shape index (κ2) is 8.63. The summed E-state index contributed by atoms with van der Waals surface area (Å²) >= 11 is 0. The van der Waals surface area contributed by atoms with E-state index in [1.54, 1.807) is 0 Å². The Morgan fingerprint density at radius 2 is 2.03 bits per heavy atom. The largest absolute Gasteiger partial charge is 0.378 e. The molecule has 3 aromatic rings. The van der Waals surface area contributed by atoms with E-state index in [0.717, 1.165) is 84.7 Å². The van der Waals surface area contributed by atoms with E-state index >= 15 is 0 Å². The van der Waals surface area contributed by atoms with Crippen LogP contribution in [0.1, 0.15) is 40.5 Å². The number of ether oxygens (including phenoxy) is 1. The summed E-state index contributed by atoms with van der Waals surface area (Å²) in [6, 6.07) is 12.0. The van der Waals surface area contributed by atoms with Crippen LogP contribution in [0.3, 0.4) is 0 Å². The minimum absolute atomic E-state index is 0.0267. The van der Waals surface area contributed by atoms with Crippen LogP contribution in [0.2, 0.25) is 0 Å². The van der Waals surface area contributed by atoms with Crippen molar-refractivity contribution in [2.45, 2.75) is 32.7 Å². The molecule has 0 bridgehead atoms. The van der Waals surface area contributed by atoms with Gasteiger partial charge in [0.05, 0.1) is 24.3 Å². The summed E-state index contributed by atoms with van der Waals surface area (Å²) in [5, 5.41) is 4.07. The number of carbonyl (C=O) groups excluding carboxylic acids is 1. The number of hydrogen-bond donors (Lipinski definition) is 1. The third-order valence-electron chi connectivity index (χ3n) is 6.33. The van der Waals surface area contributed by atoms with Crippen molar-refractivity contribution < 1.29 is 9.53 Å². The molecular formula is C25H28N4O2. The molecule has 6 nitrogen and oxygen atoms in total. The minimum Gasteiger partial charge on any atom is -0.378 e. The second-order valence-electron chi connectivity index (χ2n) is 8.58. The van der Waals surface area contributed by atoms with Crippen molar-refractivity contribution in [3.8, 4) is 0 Å². The van der Waals surface area contributed by atoms with Crippen LogP contribution in [0.15, 0.2) is 42.6 Å². The Kier molecular flexibility index (Phi) is 5.55. The van der Waals surface area contributed by atoms with Gasteiger partial charge in [-0.15, -0.1) is 0 Å². The molecule has 6 heteroatoms. The first-order valence-electron chi connectivity index (χ1n) is 11.2. The van der Waals surface area contributed by atoms with Gasteiger partial charge in [-0.3, -0.25) is 9.78 Å². The maximum absolute atomic E-state index is 13.3.